The number of benzene rings is 1. The highest BCUT2D eigenvalue weighted by Crippen LogP contribution is 2.26. The van der Waals surface area contributed by atoms with E-state index in [-0.39, 0.29) is 10.6 Å². The number of hydrogen-bond donors (Lipinski definition) is 3. The predicted octanol–water partition coefficient (Wildman–Crippen LogP) is 1.20. The highest BCUT2D eigenvalue weighted by Gasteiger charge is 2.24. The second-order valence-corrected chi connectivity index (χ2v) is 3.92. The highest BCUT2D eigenvalue weighted by molar-refractivity contribution is 6.31. The minimum absolute atomic E-state index is 0.194. The first kappa shape index (κ1) is 12.9. The predicted molar refractivity (Wildman–Crippen MR) is 58.7 cm³/mol. The third-order valence-electron chi connectivity index (χ3n) is 2.31. The lowest BCUT2D eigenvalue weighted by Gasteiger charge is -2.18. The summed E-state index contributed by atoms with van der Waals surface area (Å²) < 4.78 is 13.3. The smallest absolute Gasteiger partial charge is 0.322 e. The molecule has 2 unspecified atom stereocenters. The molecule has 0 aromatic heterocycles. The number of carboxylic acid groups (broad SMARTS) is 1. The molecule has 4 nitrogen and oxygen atoms in total. The third-order valence-corrected chi connectivity index (χ3v) is 2.64. The fourth-order valence-corrected chi connectivity index (χ4v) is 1.61. The van der Waals surface area contributed by atoms with Crippen LogP contribution in [0.5, 0.6) is 0 Å². The average Bonchev–Trinajstić information content (AvgIpc) is 2.21. The first-order valence-electron chi connectivity index (χ1n) is 4.54. The first-order valence-corrected chi connectivity index (χ1v) is 4.92. The molecule has 5 N–H and O–H groups in total. The van der Waals surface area contributed by atoms with Gasteiger partial charge in [-0.25, -0.2) is 4.39 Å². The number of aliphatic carboxylic acids is 1. The van der Waals surface area contributed by atoms with Crippen molar-refractivity contribution >= 4 is 17.6 Å². The molecule has 0 amide bonds. The summed E-state index contributed by atoms with van der Waals surface area (Å²) in [6.07, 6.45) is 0. The van der Waals surface area contributed by atoms with Gasteiger partial charge in [0.25, 0.3) is 0 Å². The highest BCUT2D eigenvalue weighted by atomic mass is 35.5. The van der Waals surface area contributed by atoms with Gasteiger partial charge in [0.2, 0.25) is 0 Å². The van der Waals surface area contributed by atoms with Crippen LogP contribution < -0.4 is 11.5 Å². The molecule has 0 aliphatic carbocycles. The van der Waals surface area contributed by atoms with Gasteiger partial charge in [0.1, 0.15) is 11.9 Å². The van der Waals surface area contributed by atoms with Crippen LogP contribution in [0.3, 0.4) is 0 Å². The van der Waals surface area contributed by atoms with Gasteiger partial charge in [0, 0.05) is 5.02 Å². The van der Waals surface area contributed by atoms with Crippen LogP contribution in [0.15, 0.2) is 12.1 Å². The van der Waals surface area contributed by atoms with Crippen molar-refractivity contribution in [2.75, 3.05) is 0 Å². The summed E-state index contributed by atoms with van der Waals surface area (Å²) in [5.74, 6) is -1.75. The van der Waals surface area contributed by atoms with Crippen LogP contribution in [0.1, 0.15) is 17.2 Å². The van der Waals surface area contributed by atoms with E-state index >= 15 is 0 Å². The van der Waals surface area contributed by atoms with Gasteiger partial charge in [0.15, 0.2) is 0 Å². The number of carbonyl (C=O) groups is 1. The largest absolute Gasteiger partial charge is 0.480 e. The second kappa shape index (κ2) is 4.78. The summed E-state index contributed by atoms with van der Waals surface area (Å²) in [4.78, 5) is 10.6. The molecule has 6 heteroatoms. The maximum Gasteiger partial charge on any atom is 0.322 e. The Balaban J connectivity index is 3.13. The van der Waals surface area contributed by atoms with E-state index in [0.717, 1.165) is 6.07 Å². The lowest BCUT2D eigenvalue weighted by atomic mass is 9.99. The van der Waals surface area contributed by atoms with Gasteiger partial charge < -0.3 is 16.6 Å². The molecule has 0 fully saturated rings. The van der Waals surface area contributed by atoms with E-state index in [0.29, 0.717) is 5.56 Å². The lowest BCUT2D eigenvalue weighted by molar-refractivity contribution is -0.139. The SMILES string of the molecule is Cc1cc(Cl)c(C(N)C(N)C(=O)O)cc1F. The van der Waals surface area contributed by atoms with Crippen LogP contribution in [0.4, 0.5) is 4.39 Å². The molecule has 16 heavy (non-hydrogen) atoms. The molecule has 0 saturated carbocycles. The number of aryl methyl sites for hydroxylation is 1. The molecule has 1 aromatic rings. The zero-order valence-electron chi connectivity index (χ0n) is 8.58. The second-order valence-electron chi connectivity index (χ2n) is 3.51. The van der Waals surface area contributed by atoms with Crippen molar-refractivity contribution in [2.45, 2.75) is 19.0 Å². The molecule has 0 spiro atoms. The molecule has 0 bridgehead atoms. The van der Waals surface area contributed by atoms with E-state index in [9.17, 15) is 9.18 Å². The zero-order chi connectivity index (χ0) is 12.5. The number of carboxylic acids is 1. The normalized spacial score (nSPS) is 14.6. The molecule has 1 aromatic carbocycles. The molecule has 0 radical (unpaired) electrons. The summed E-state index contributed by atoms with van der Waals surface area (Å²) in [5.41, 5.74) is 11.5. The Hall–Kier alpha value is -1.17. The molecule has 0 heterocycles. The number of hydrogen-bond acceptors (Lipinski definition) is 3. The fraction of sp³-hybridized carbons (Fsp3) is 0.300. The van der Waals surface area contributed by atoms with Crippen molar-refractivity contribution in [2.24, 2.45) is 11.5 Å². The Morgan fingerprint density at radius 3 is 2.56 bits per heavy atom. The Morgan fingerprint density at radius 2 is 2.06 bits per heavy atom. The molecule has 0 aliphatic rings. The van der Waals surface area contributed by atoms with Crippen molar-refractivity contribution < 1.29 is 14.3 Å². The summed E-state index contributed by atoms with van der Waals surface area (Å²) in [5, 5.41) is 8.90. The van der Waals surface area contributed by atoms with E-state index in [1.165, 1.54) is 6.07 Å². The van der Waals surface area contributed by atoms with Crippen LogP contribution in [-0.2, 0) is 4.79 Å². The number of rotatable bonds is 3. The zero-order valence-corrected chi connectivity index (χ0v) is 9.33. The van der Waals surface area contributed by atoms with Crippen LogP contribution in [0.25, 0.3) is 0 Å². The maximum absolute atomic E-state index is 13.3. The average molecular weight is 247 g/mol. The minimum Gasteiger partial charge on any atom is -0.480 e. The monoisotopic (exact) mass is 246 g/mol. The van der Waals surface area contributed by atoms with Crippen molar-refractivity contribution in [3.05, 3.63) is 34.1 Å². The molecule has 0 aliphatic heterocycles. The van der Waals surface area contributed by atoms with E-state index < -0.39 is 23.9 Å². The molecule has 2 atom stereocenters. The topological polar surface area (TPSA) is 89.3 Å². The third kappa shape index (κ3) is 2.49. The van der Waals surface area contributed by atoms with Crippen LogP contribution in [0.2, 0.25) is 5.02 Å². The van der Waals surface area contributed by atoms with Gasteiger partial charge in [-0.05, 0) is 30.2 Å². The molecule has 0 saturated heterocycles. The van der Waals surface area contributed by atoms with Gasteiger partial charge in [-0.1, -0.05) is 11.6 Å². The first-order chi connectivity index (χ1) is 7.34. The van der Waals surface area contributed by atoms with Crippen LogP contribution >= 0.6 is 11.6 Å². The van der Waals surface area contributed by atoms with Crippen molar-refractivity contribution in [3.63, 3.8) is 0 Å². The van der Waals surface area contributed by atoms with E-state index in [1.807, 2.05) is 0 Å². The molecule has 1 rings (SSSR count). The fourth-order valence-electron chi connectivity index (χ4n) is 1.26. The van der Waals surface area contributed by atoms with Crippen molar-refractivity contribution in [3.8, 4) is 0 Å². The van der Waals surface area contributed by atoms with Gasteiger partial charge >= 0.3 is 5.97 Å². The molecule has 88 valence electrons. The minimum atomic E-state index is -1.32. The van der Waals surface area contributed by atoms with Gasteiger partial charge in [-0.15, -0.1) is 0 Å². The summed E-state index contributed by atoms with van der Waals surface area (Å²) in [6, 6.07) is 0.144. The summed E-state index contributed by atoms with van der Waals surface area (Å²) >= 11 is 5.85. The Bertz CT molecular complexity index is 426. The lowest BCUT2D eigenvalue weighted by Crippen LogP contribution is -2.41. The van der Waals surface area contributed by atoms with Crippen molar-refractivity contribution in [1.82, 2.24) is 0 Å². The Morgan fingerprint density at radius 1 is 1.50 bits per heavy atom. The standard InChI is InChI=1S/C10H12ClFN2O2/c1-4-2-6(11)5(3-7(4)12)8(13)9(14)10(15)16/h2-3,8-9H,13-14H2,1H3,(H,15,16). The van der Waals surface area contributed by atoms with Gasteiger partial charge in [-0.2, -0.15) is 0 Å². The molecular formula is C10H12ClFN2O2. The molecular weight excluding hydrogens is 235 g/mol. The van der Waals surface area contributed by atoms with Crippen LogP contribution in [-0.4, -0.2) is 17.1 Å². The summed E-state index contributed by atoms with van der Waals surface area (Å²) in [7, 11) is 0. The van der Waals surface area contributed by atoms with Crippen molar-refractivity contribution in [1.29, 1.82) is 0 Å². The number of halogens is 2. The van der Waals surface area contributed by atoms with E-state index in [1.54, 1.807) is 6.92 Å². The Labute approximate surface area is 97.0 Å². The maximum atomic E-state index is 13.3. The number of nitrogens with two attached hydrogens (primary N) is 2. The Kier molecular flexibility index (Phi) is 3.85. The van der Waals surface area contributed by atoms with E-state index in [2.05, 4.69) is 0 Å². The van der Waals surface area contributed by atoms with Gasteiger partial charge in [-0.3, -0.25) is 4.79 Å². The quantitative estimate of drug-likeness (QED) is 0.748. The van der Waals surface area contributed by atoms with Gasteiger partial charge in [0.05, 0.1) is 6.04 Å². The van der Waals surface area contributed by atoms with E-state index in [4.69, 9.17) is 28.2 Å². The van der Waals surface area contributed by atoms with Crippen LogP contribution in [0, 0.1) is 12.7 Å². The summed E-state index contributed by atoms with van der Waals surface area (Å²) in [6.45, 7) is 1.55.